The first-order valence-corrected chi connectivity index (χ1v) is 7.16. The second-order valence-corrected chi connectivity index (χ2v) is 5.21. The Labute approximate surface area is 113 Å². The molecule has 0 unspecified atom stereocenters. The van der Waals surface area contributed by atoms with E-state index in [0.29, 0.717) is 0 Å². The molecule has 0 amide bonds. The summed E-state index contributed by atoms with van der Waals surface area (Å²) in [4.78, 5) is 6.93. The average Bonchev–Trinajstić information content (AvgIpc) is 2.94. The SMILES string of the molecule is CCNCC1CCN(c2nccc3occc23)CC1. The van der Waals surface area contributed by atoms with Crippen LogP contribution >= 0.6 is 0 Å². The van der Waals surface area contributed by atoms with Crippen LogP contribution in [0.15, 0.2) is 29.0 Å². The van der Waals surface area contributed by atoms with Crippen LogP contribution in [0.4, 0.5) is 5.82 Å². The van der Waals surface area contributed by atoms with Crippen molar-refractivity contribution >= 4 is 16.8 Å². The van der Waals surface area contributed by atoms with Crippen LogP contribution in [-0.2, 0) is 0 Å². The first-order chi connectivity index (χ1) is 9.38. The molecule has 1 aliphatic rings. The zero-order chi connectivity index (χ0) is 13.1. The number of anilines is 1. The maximum atomic E-state index is 5.45. The number of furan rings is 1. The molecule has 4 heteroatoms. The van der Waals surface area contributed by atoms with Gasteiger partial charge in [-0.3, -0.25) is 0 Å². The van der Waals surface area contributed by atoms with Crippen molar-refractivity contribution in [2.24, 2.45) is 5.92 Å². The predicted molar refractivity (Wildman–Crippen MR) is 77.5 cm³/mol. The Morgan fingerprint density at radius 3 is 3.00 bits per heavy atom. The van der Waals surface area contributed by atoms with Crippen LogP contribution < -0.4 is 10.2 Å². The van der Waals surface area contributed by atoms with Crippen molar-refractivity contribution in [3.63, 3.8) is 0 Å². The topological polar surface area (TPSA) is 41.3 Å². The molecule has 1 N–H and O–H groups in total. The van der Waals surface area contributed by atoms with Crippen molar-refractivity contribution in [1.29, 1.82) is 0 Å². The van der Waals surface area contributed by atoms with Crippen LogP contribution in [0, 0.1) is 5.92 Å². The first kappa shape index (κ1) is 12.5. The summed E-state index contributed by atoms with van der Waals surface area (Å²) in [5.74, 6) is 1.88. The lowest BCUT2D eigenvalue weighted by molar-refractivity contribution is 0.386. The van der Waals surface area contributed by atoms with Gasteiger partial charge in [-0.05, 0) is 44.0 Å². The third-order valence-corrected chi connectivity index (χ3v) is 3.96. The minimum Gasteiger partial charge on any atom is -0.464 e. The highest BCUT2D eigenvalue weighted by Crippen LogP contribution is 2.28. The van der Waals surface area contributed by atoms with Crippen LogP contribution in [0.25, 0.3) is 11.0 Å². The number of rotatable bonds is 4. The van der Waals surface area contributed by atoms with Crippen molar-refractivity contribution in [2.75, 3.05) is 31.1 Å². The lowest BCUT2D eigenvalue weighted by Gasteiger charge is -2.33. The van der Waals surface area contributed by atoms with Gasteiger partial charge in [0.25, 0.3) is 0 Å². The van der Waals surface area contributed by atoms with Gasteiger partial charge in [-0.2, -0.15) is 0 Å². The first-order valence-electron chi connectivity index (χ1n) is 7.16. The van der Waals surface area contributed by atoms with E-state index in [1.54, 1.807) is 6.26 Å². The Kier molecular flexibility index (Phi) is 3.69. The van der Waals surface area contributed by atoms with Crippen molar-refractivity contribution < 1.29 is 4.42 Å². The molecule has 2 aromatic heterocycles. The fraction of sp³-hybridized carbons (Fsp3) is 0.533. The maximum absolute atomic E-state index is 5.45. The molecule has 2 aromatic rings. The number of nitrogens with zero attached hydrogens (tertiary/aromatic N) is 2. The fourth-order valence-electron chi connectivity index (χ4n) is 2.83. The Morgan fingerprint density at radius 2 is 2.21 bits per heavy atom. The minimum atomic E-state index is 0.805. The summed E-state index contributed by atoms with van der Waals surface area (Å²) >= 11 is 0. The number of hydrogen-bond acceptors (Lipinski definition) is 4. The molecule has 0 radical (unpaired) electrons. The average molecular weight is 259 g/mol. The van der Waals surface area contributed by atoms with E-state index in [2.05, 4.69) is 22.1 Å². The molecule has 1 aliphatic heterocycles. The number of hydrogen-bond donors (Lipinski definition) is 1. The summed E-state index contributed by atoms with van der Waals surface area (Å²) < 4.78 is 5.45. The third kappa shape index (κ3) is 2.59. The largest absolute Gasteiger partial charge is 0.464 e. The molecule has 4 nitrogen and oxygen atoms in total. The maximum Gasteiger partial charge on any atom is 0.139 e. The normalized spacial score (nSPS) is 17.2. The predicted octanol–water partition coefficient (Wildman–Crippen LogP) is 2.65. The van der Waals surface area contributed by atoms with Gasteiger partial charge in [0, 0.05) is 19.3 Å². The van der Waals surface area contributed by atoms with E-state index in [0.717, 1.165) is 48.9 Å². The zero-order valence-electron chi connectivity index (χ0n) is 11.4. The van der Waals surface area contributed by atoms with E-state index in [1.807, 2.05) is 18.3 Å². The molecule has 1 saturated heterocycles. The smallest absolute Gasteiger partial charge is 0.139 e. The lowest BCUT2D eigenvalue weighted by Crippen LogP contribution is -2.37. The lowest BCUT2D eigenvalue weighted by atomic mass is 9.96. The van der Waals surface area contributed by atoms with Crippen LogP contribution in [0.3, 0.4) is 0 Å². The van der Waals surface area contributed by atoms with Gasteiger partial charge < -0.3 is 14.6 Å². The summed E-state index contributed by atoms with van der Waals surface area (Å²) in [6.07, 6.45) is 6.06. The quantitative estimate of drug-likeness (QED) is 0.916. The highest BCUT2D eigenvalue weighted by Gasteiger charge is 2.21. The van der Waals surface area contributed by atoms with Crippen LogP contribution in [0.5, 0.6) is 0 Å². The second-order valence-electron chi connectivity index (χ2n) is 5.21. The number of aromatic nitrogens is 1. The minimum absolute atomic E-state index is 0.805. The van der Waals surface area contributed by atoms with Crippen molar-refractivity contribution in [1.82, 2.24) is 10.3 Å². The van der Waals surface area contributed by atoms with Gasteiger partial charge >= 0.3 is 0 Å². The van der Waals surface area contributed by atoms with E-state index in [4.69, 9.17) is 4.42 Å². The second kappa shape index (κ2) is 5.61. The molecule has 3 rings (SSSR count). The third-order valence-electron chi connectivity index (χ3n) is 3.96. The molecular weight excluding hydrogens is 238 g/mol. The van der Waals surface area contributed by atoms with Gasteiger partial charge in [0.1, 0.15) is 11.4 Å². The molecule has 0 saturated carbocycles. The van der Waals surface area contributed by atoms with E-state index in [9.17, 15) is 0 Å². The molecule has 0 atom stereocenters. The summed E-state index contributed by atoms with van der Waals surface area (Å²) in [6.45, 7) is 6.56. The van der Waals surface area contributed by atoms with Gasteiger partial charge in [0.2, 0.25) is 0 Å². The van der Waals surface area contributed by atoms with Gasteiger partial charge in [-0.15, -0.1) is 0 Å². The Hall–Kier alpha value is -1.55. The summed E-state index contributed by atoms with van der Waals surface area (Å²) in [6, 6.07) is 3.94. The number of pyridine rings is 1. The Morgan fingerprint density at radius 1 is 1.37 bits per heavy atom. The highest BCUT2D eigenvalue weighted by molar-refractivity contribution is 5.88. The Bertz CT molecular complexity index is 529. The molecule has 1 fully saturated rings. The van der Waals surface area contributed by atoms with Crippen molar-refractivity contribution in [2.45, 2.75) is 19.8 Å². The van der Waals surface area contributed by atoms with Gasteiger partial charge in [0.15, 0.2) is 0 Å². The van der Waals surface area contributed by atoms with Gasteiger partial charge in [0.05, 0.1) is 11.6 Å². The van der Waals surface area contributed by atoms with Gasteiger partial charge in [-0.1, -0.05) is 6.92 Å². The molecular formula is C15H21N3O. The molecule has 102 valence electrons. The Balaban J connectivity index is 1.69. The van der Waals surface area contributed by atoms with Crippen LogP contribution in [0.1, 0.15) is 19.8 Å². The standard InChI is InChI=1S/C15H21N3O/c1-2-16-11-12-4-8-18(9-5-12)15-13-6-10-19-14(13)3-7-17-15/h3,6-7,10,12,16H,2,4-5,8-9,11H2,1H3. The van der Waals surface area contributed by atoms with E-state index < -0.39 is 0 Å². The van der Waals surface area contributed by atoms with E-state index in [1.165, 1.54) is 12.8 Å². The molecule has 3 heterocycles. The number of piperidine rings is 1. The molecule has 0 aromatic carbocycles. The molecule has 0 bridgehead atoms. The van der Waals surface area contributed by atoms with Crippen LogP contribution in [-0.4, -0.2) is 31.2 Å². The van der Waals surface area contributed by atoms with E-state index >= 15 is 0 Å². The van der Waals surface area contributed by atoms with Crippen molar-refractivity contribution in [3.05, 3.63) is 24.6 Å². The highest BCUT2D eigenvalue weighted by atomic mass is 16.3. The molecule has 0 aliphatic carbocycles. The van der Waals surface area contributed by atoms with Gasteiger partial charge in [-0.25, -0.2) is 4.98 Å². The van der Waals surface area contributed by atoms with Crippen molar-refractivity contribution in [3.8, 4) is 0 Å². The monoisotopic (exact) mass is 259 g/mol. The molecule has 19 heavy (non-hydrogen) atoms. The summed E-state index contributed by atoms with van der Waals surface area (Å²) in [5, 5.41) is 4.58. The number of nitrogens with one attached hydrogen (secondary N) is 1. The van der Waals surface area contributed by atoms with Crippen LogP contribution in [0.2, 0.25) is 0 Å². The molecule has 0 spiro atoms. The number of fused-ring (bicyclic) bond motifs is 1. The fourth-order valence-corrected chi connectivity index (χ4v) is 2.83. The zero-order valence-corrected chi connectivity index (χ0v) is 11.4. The van der Waals surface area contributed by atoms with E-state index in [-0.39, 0.29) is 0 Å². The summed E-state index contributed by atoms with van der Waals surface area (Å²) in [5.41, 5.74) is 0.930. The summed E-state index contributed by atoms with van der Waals surface area (Å²) in [7, 11) is 0.